The van der Waals surface area contributed by atoms with Gasteiger partial charge in [0.2, 0.25) is 0 Å². The molecule has 0 fully saturated rings. The van der Waals surface area contributed by atoms with Crippen molar-refractivity contribution < 1.29 is 61.9 Å². The van der Waals surface area contributed by atoms with Crippen molar-refractivity contribution in [3.63, 3.8) is 0 Å². The highest BCUT2D eigenvalue weighted by Gasteiger charge is 2.90. The molecular formula is C9H5F13N2. The SMILES string of the molecule is [N-]=[N+]=CCCC(F)(F)C(F)(F)C(F)(F)C(F)(F)C(F)(F)C(F)(F)F. The monoisotopic (exact) mass is 388 g/mol. The van der Waals surface area contributed by atoms with Gasteiger partial charge in [-0.05, 0) is 0 Å². The van der Waals surface area contributed by atoms with E-state index in [1.807, 2.05) is 4.79 Å². The van der Waals surface area contributed by atoms with Crippen molar-refractivity contribution in [3.8, 4) is 0 Å². The summed E-state index contributed by atoms with van der Waals surface area (Å²) in [7, 11) is 0. The Balaban J connectivity index is 6.05. The van der Waals surface area contributed by atoms with Gasteiger partial charge in [0.25, 0.3) is 6.21 Å². The highest BCUT2D eigenvalue weighted by atomic mass is 19.4. The third-order valence-corrected chi connectivity index (χ3v) is 2.67. The summed E-state index contributed by atoms with van der Waals surface area (Å²) in [6.07, 6.45) is -11.2. The summed E-state index contributed by atoms with van der Waals surface area (Å²) in [5.74, 6) is -36.8. The Morgan fingerprint density at radius 1 is 0.625 bits per heavy atom. The Morgan fingerprint density at radius 2 is 1.00 bits per heavy atom. The zero-order valence-corrected chi connectivity index (χ0v) is 10.8. The molecule has 0 N–H and O–H groups in total. The van der Waals surface area contributed by atoms with E-state index in [4.69, 9.17) is 5.53 Å². The average molecular weight is 388 g/mol. The van der Waals surface area contributed by atoms with Crippen molar-refractivity contribution in [2.75, 3.05) is 0 Å². The van der Waals surface area contributed by atoms with Crippen LogP contribution < -0.4 is 0 Å². The highest BCUT2D eigenvalue weighted by molar-refractivity contribution is 5.50. The van der Waals surface area contributed by atoms with Crippen LogP contribution in [0.1, 0.15) is 12.8 Å². The van der Waals surface area contributed by atoms with Crippen molar-refractivity contribution in [1.29, 1.82) is 0 Å². The van der Waals surface area contributed by atoms with Crippen LogP contribution in [0.15, 0.2) is 0 Å². The first kappa shape index (κ1) is 22.5. The van der Waals surface area contributed by atoms with E-state index in [2.05, 4.69) is 0 Å². The van der Waals surface area contributed by atoms with Crippen LogP contribution >= 0.6 is 0 Å². The van der Waals surface area contributed by atoms with E-state index >= 15 is 0 Å². The van der Waals surface area contributed by atoms with Gasteiger partial charge in [0, 0.05) is 12.8 Å². The fraction of sp³-hybridized carbons (Fsp3) is 0.889. The first-order valence-electron chi connectivity index (χ1n) is 5.43. The number of rotatable bonds is 7. The Morgan fingerprint density at radius 3 is 1.33 bits per heavy atom. The molecule has 0 rings (SSSR count). The zero-order chi connectivity index (χ0) is 19.8. The van der Waals surface area contributed by atoms with Gasteiger partial charge in [0.1, 0.15) is 0 Å². The lowest BCUT2D eigenvalue weighted by atomic mass is 9.92. The summed E-state index contributed by atoms with van der Waals surface area (Å²) in [5.41, 5.74) is 7.80. The maximum atomic E-state index is 13.0. The van der Waals surface area contributed by atoms with Crippen LogP contribution in [-0.2, 0) is 0 Å². The molecule has 0 aromatic rings. The van der Waals surface area contributed by atoms with Crippen LogP contribution in [0, 0.1) is 0 Å². The van der Waals surface area contributed by atoms with E-state index in [1.54, 1.807) is 0 Å². The van der Waals surface area contributed by atoms with Gasteiger partial charge >= 0.3 is 35.8 Å². The molecule has 15 heteroatoms. The molecule has 0 spiro atoms. The third-order valence-electron chi connectivity index (χ3n) is 2.67. The van der Waals surface area contributed by atoms with E-state index in [-0.39, 0.29) is 6.21 Å². The van der Waals surface area contributed by atoms with E-state index in [0.717, 1.165) is 0 Å². The predicted molar refractivity (Wildman–Crippen MR) is 49.7 cm³/mol. The fourth-order valence-electron chi connectivity index (χ4n) is 1.26. The number of nitrogens with zero attached hydrogens (tertiary/aromatic N) is 2. The first-order chi connectivity index (χ1) is 10.3. The molecule has 0 amide bonds. The highest BCUT2D eigenvalue weighted by Crippen LogP contribution is 2.60. The lowest BCUT2D eigenvalue weighted by Crippen LogP contribution is -2.70. The summed E-state index contributed by atoms with van der Waals surface area (Å²) in [6, 6.07) is 0. The molecule has 0 radical (unpaired) electrons. The summed E-state index contributed by atoms with van der Waals surface area (Å²) in [4.78, 5) is 2.00. The van der Waals surface area contributed by atoms with Gasteiger partial charge < -0.3 is 5.53 Å². The summed E-state index contributed by atoms with van der Waals surface area (Å²) < 4.78 is 164. The van der Waals surface area contributed by atoms with Gasteiger partial charge in [-0.2, -0.15) is 61.9 Å². The van der Waals surface area contributed by atoms with Crippen LogP contribution in [0.5, 0.6) is 0 Å². The van der Waals surface area contributed by atoms with E-state index in [9.17, 15) is 57.1 Å². The van der Waals surface area contributed by atoms with Crippen LogP contribution in [0.4, 0.5) is 57.1 Å². The van der Waals surface area contributed by atoms with Gasteiger partial charge in [-0.15, -0.1) is 0 Å². The minimum absolute atomic E-state index is 0.0462. The molecule has 0 aliphatic carbocycles. The predicted octanol–water partition coefficient (Wildman–Crippen LogP) is 4.81. The molecule has 0 unspecified atom stereocenters. The van der Waals surface area contributed by atoms with E-state index in [1.165, 1.54) is 0 Å². The zero-order valence-electron chi connectivity index (χ0n) is 10.8. The molecule has 142 valence electrons. The molecule has 0 bridgehead atoms. The Hall–Kier alpha value is -1.53. The molecule has 0 atom stereocenters. The molecule has 0 aromatic heterocycles. The van der Waals surface area contributed by atoms with Crippen LogP contribution in [-0.4, -0.2) is 46.8 Å². The molecule has 2 nitrogen and oxygen atoms in total. The Labute approximate surface area is 123 Å². The van der Waals surface area contributed by atoms with Crippen molar-refractivity contribution in [1.82, 2.24) is 0 Å². The van der Waals surface area contributed by atoms with Crippen LogP contribution in [0.2, 0.25) is 0 Å². The van der Waals surface area contributed by atoms with Crippen molar-refractivity contribution in [3.05, 3.63) is 5.53 Å². The Bertz CT molecular complexity index is 500. The molecule has 0 aliphatic rings. The second-order valence-electron chi connectivity index (χ2n) is 4.34. The topological polar surface area (TPSA) is 36.4 Å². The van der Waals surface area contributed by atoms with Crippen LogP contribution in [0.25, 0.3) is 5.53 Å². The molecule has 0 aromatic carbocycles. The molecule has 0 saturated carbocycles. The van der Waals surface area contributed by atoms with Crippen molar-refractivity contribution in [2.24, 2.45) is 0 Å². The molecule has 0 heterocycles. The quantitative estimate of drug-likeness (QED) is 0.260. The Kier molecular flexibility index (Phi) is 5.69. The van der Waals surface area contributed by atoms with Gasteiger partial charge in [-0.25, -0.2) is 0 Å². The van der Waals surface area contributed by atoms with E-state index in [0.29, 0.717) is 0 Å². The van der Waals surface area contributed by atoms with E-state index < -0.39 is 48.6 Å². The maximum Gasteiger partial charge on any atom is 0.460 e. The second-order valence-corrected chi connectivity index (χ2v) is 4.34. The van der Waals surface area contributed by atoms with Gasteiger partial charge in [0.05, 0.1) is 0 Å². The lowest BCUT2D eigenvalue weighted by Gasteiger charge is -2.39. The number of halogens is 13. The second kappa shape index (κ2) is 6.08. The van der Waals surface area contributed by atoms with Gasteiger partial charge in [0.15, 0.2) is 0 Å². The largest absolute Gasteiger partial charge is 0.460 e. The fourth-order valence-corrected chi connectivity index (χ4v) is 1.26. The minimum Gasteiger partial charge on any atom is -0.362 e. The molecule has 24 heavy (non-hydrogen) atoms. The minimum atomic E-state index is -7.89. The summed E-state index contributed by atoms with van der Waals surface area (Å²) in [6.45, 7) is 0. The molecule has 0 saturated heterocycles. The van der Waals surface area contributed by atoms with Gasteiger partial charge in [-0.3, -0.25) is 0 Å². The summed E-state index contributed by atoms with van der Waals surface area (Å²) >= 11 is 0. The number of hydrogen-bond donors (Lipinski definition) is 0. The average Bonchev–Trinajstić information content (AvgIpc) is 2.36. The smallest absolute Gasteiger partial charge is 0.362 e. The third kappa shape index (κ3) is 3.17. The maximum absolute atomic E-state index is 13.0. The van der Waals surface area contributed by atoms with Crippen molar-refractivity contribution in [2.45, 2.75) is 48.6 Å². The normalized spacial score (nSPS) is 15.2. The first-order valence-corrected chi connectivity index (χ1v) is 5.43. The van der Waals surface area contributed by atoms with Crippen molar-refractivity contribution >= 4 is 6.21 Å². The van der Waals surface area contributed by atoms with Crippen LogP contribution in [0.3, 0.4) is 0 Å². The molecule has 0 aliphatic heterocycles. The molecular weight excluding hydrogens is 383 g/mol. The van der Waals surface area contributed by atoms with Gasteiger partial charge in [-0.1, -0.05) is 0 Å². The lowest BCUT2D eigenvalue weighted by molar-refractivity contribution is -0.440. The standard InChI is InChI=1S/C9H5F13N2/c10-4(11,2-1-3-24-23)5(12,13)6(14,15)7(16,17)8(18,19)9(20,21)22/h3H,1-2H2. The number of alkyl halides is 13. The number of hydrogen-bond acceptors (Lipinski definition) is 0. The summed E-state index contributed by atoms with van der Waals surface area (Å²) in [5, 5.41) is 0.